The molecule has 0 aliphatic carbocycles. The van der Waals surface area contributed by atoms with Gasteiger partial charge in [-0.3, -0.25) is 9.59 Å². The quantitative estimate of drug-likeness (QED) is 0.235. The minimum atomic E-state index is -1.14. The van der Waals surface area contributed by atoms with Gasteiger partial charge >= 0.3 is 153 Å². The van der Waals surface area contributed by atoms with Gasteiger partial charge in [-0.1, -0.05) is 0 Å². The summed E-state index contributed by atoms with van der Waals surface area (Å²) in [5, 5.41) is 14.8. The van der Waals surface area contributed by atoms with E-state index in [4.69, 9.17) is 34.0 Å². The number of hydrogen-bond acceptors (Lipinski definition) is 7. The molecule has 11 heteroatoms. The van der Waals surface area contributed by atoms with Crippen molar-refractivity contribution in [2.75, 3.05) is 13.2 Å². The Morgan fingerprint density at radius 3 is 1.39 bits per heavy atom. The predicted octanol–water partition coefficient (Wildman–Crippen LogP) is 1.76. The minimum absolute atomic E-state index is 0.00875. The van der Waals surface area contributed by atoms with E-state index in [1.807, 2.05) is 0 Å². The van der Waals surface area contributed by atoms with Crippen molar-refractivity contribution in [3.8, 4) is 0 Å². The van der Waals surface area contributed by atoms with Gasteiger partial charge in [-0.25, -0.2) is 0 Å². The molecule has 1 heterocycles. The molecule has 1 rings (SSSR count). The summed E-state index contributed by atoms with van der Waals surface area (Å²) in [5.41, 5.74) is -1.14. The summed E-state index contributed by atoms with van der Waals surface area (Å²) >= 11 is 1.16. The number of aliphatic carboxylic acids is 2. The number of ether oxygens (including phenoxy) is 3. The van der Waals surface area contributed by atoms with Gasteiger partial charge in [-0.05, 0) is 0 Å². The van der Waals surface area contributed by atoms with Gasteiger partial charge in [0.25, 0.3) is 11.9 Å². The third-order valence-electron chi connectivity index (χ3n) is 3.51. The Kier molecular flexibility index (Phi) is 17.6. The first-order valence-electron chi connectivity index (χ1n) is 8.98. The summed E-state index contributed by atoms with van der Waals surface area (Å²) in [7, 11) is 0. The molecule has 0 aromatic heterocycles. The Balaban J connectivity index is 0. The molecule has 28 heavy (non-hydrogen) atoms. The molecule has 2 unspecified atom stereocenters. The van der Waals surface area contributed by atoms with Crippen molar-refractivity contribution in [2.24, 2.45) is 5.41 Å². The zero-order chi connectivity index (χ0) is 22.3. The standard InChI is InChI=1S/C13H20O5.2C2H4O2.2Hg/c1-5-16-11(14)13(12(15)17-6-2)7-9(3)18-10(4)8-13;2*1-2(3)4;;/h9-10H,3-8H2,1-2H3;2*1H3,(H,3,4);;. The molecule has 0 saturated carbocycles. The molecule has 1 fully saturated rings. The molecule has 0 aromatic rings. The van der Waals surface area contributed by atoms with E-state index in [0.717, 1.165) is 21.7 Å². The van der Waals surface area contributed by atoms with Gasteiger partial charge < -0.3 is 10.2 Å². The van der Waals surface area contributed by atoms with Crippen molar-refractivity contribution in [2.45, 2.75) is 60.6 Å². The van der Waals surface area contributed by atoms with Crippen LogP contribution in [0.1, 0.15) is 40.5 Å². The SMILES string of the molecule is CC(=O)O.CC(=O)O.CCOC(=O)C1(C(=O)OCC)CC([CH2][Hg])OC([CH2][Hg])C1. The fraction of sp³-hybridized carbons (Fsp3) is 0.765. The Morgan fingerprint density at radius 2 is 1.18 bits per heavy atom. The van der Waals surface area contributed by atoms with E-state index in [9.17, 15) is 9.59 Å². The first-order valence-corrected chi connectivity index (χ1v) is 16.7. The Hall–Kier alpha value is -0.290. The predicted molar refractivity (Wildman–Crippen MR) is 89.8 cm³/mol. The number of carbonyl (C=O) groups excluding carboxylic acids is 2. The summed E-state index contributed by atoms with van der Waals surface area (Å²) < 4.78 is 18.3. The second kappa shape index (κ2) is 16.5. The number of carboxylic acid groups (broad SMARTS) is 2. The van der Waals surface area contributed by atoms with Crippen LogP contribution in [0.4, 0.5) is 0 Å². The van der Waals surface area contributed by atoms with Crippen molar-refractivity contribution < 1.29 is 95.8 Å². The first kappa shape index (κ1) is 29.9. The van der Waals surface area contributed by atoms with Gasteiger partial charge in [0.05, 0.1) is 0 Å². The molecule has 1 aliphatic heterocycles. The van der Waals surface area contributed by atoms with Crippen LogP contribution in [-0.2, 0) is 85.6 Å². The zero-order valence-electron chi connectivity index (χ0n) is 17.1. The average Bonchev–Trinajstić information content (AvgIpc) is 2.60. The van der Waals surface area contributed by atoms with Gasteiger partial charge in [-0.2, -0.15) is 0 Å². The molecule has 2 atom stereocenters. The maximum atomic E-state index is 12.4. The summed E-state index contributed by atoms with van der Waals surface area (Å²) in [6, 6.07) is 0. The molecule has 0 amide bonds. The summed E-state index contributed by atoms with van der Waals surface area (Å²) in [4.78, 5) is 42.8. The number of carbonyl (C=O) groups is 4. The topological polar surface area (TPSA) is 136 Å². The number of carboxylic acids is 2. The van der Waals surface area contributed by atoms with E-state index in [1.54, 1.807) is 13.8 Å². The summed E-state index contributed by atoms with van der Waals surface area (Å²) in [5.74, 6) is -2.53. The third kappa shape index (κ3) is 12.3. The van der Waals surface area contributed by atoms with Crippen molar-refractivity contribution in [3.05, 3.63) is 0 Å². The van der Waals surface area contributed by atoms with Crippen LogP contribution in [0.2, 0.25) is 7.86 Å². The third-order valence-corrected chi connectivity index (χ3v) is 8.52. The van der Waals surface area contributed by atoms with Gasteiger partial charge in [0.15, 0.2) is 0 Å². The molecule has 9 nitrogen and oxygen atoms in total. The summed E-state index contributed by atoms with van der Waals surface area (Å²) in [6.07, 6.45) is 0.848. The fourth-order valence-corrected chi connectivity index (χ4v) is 5.17. The van der Waals surface area contributed by atoms with E-state index in [1.165, 1.54) is 0 Å². The average molecular weight is 778 g/mol. The van der Waals surface area contributed by atoms with E-state index >= 15 is 0 Å². The van der Waals surface area contributed by atoms with E-state index in [2.05, 4.69) is 0 Å². The Morgan fingerprint density at radius 1 is 0.893 bits per heavy atom. The van der Waals surface area contributed by atoms with Gasteiger partial charge in [0, 0.05) is 13.8 Å². The van der Waals surface area contributed by atoms with Gasteiger partial charge in [0.2, 0.25) is 0 Å². The molecule has 2 N–H and O–H groups in total. The molecule has 1 saturated heterocycles. The maximum absolute atomic E-state index is 12.4. The van der Waals surface area contributed by atoms with Crippen LogP contribution in [0, 0.1) is 5.41 Å². The van der Waals surface area contributed by atoms with Crippen LogP contribution in [0.15, 0.2) is 0 Å². The Labute approximate surface area is 197 Å². The Bertz CT molecular complexity index is 459. The normalized spacial score (nSPS) is 19.7. The number of rotatable bonds is 6. The van der Waals surface area contributed by atoms with E-state index < -0.39 is 29.3 Å². The second-order valence-corrected chi connectivity index (χ2v) is 10.4. The first-order chi connectivity index (χ1) is 13.0. The van der Waals surface area contributed by atoms with Crippen molar-refractivity contribution in [3.63, 3.8) is 0 Å². The zero-order valence-corrected chi connectivity index (χ0v) is 28.1. The molecule has 0 bridgehead atoms. The van der Waals surface area contributed by atoms with Crippen molar-refractivity contribution in [1.29, 1.82) is 0 Å². The summed E-state index contributed by atoms with van der Waals surface area (Å²) in [6.45, 7) is 6.25. The van der Waals surface area contributed by atoms with E-state index in [0.29, 0.717) is 65.1 Å². The molecule has 154 valence electrons. The van der Waals surface area contributed by atoms with Gasteiger partial charge in [-0.15, -0.1) is 0 Å². The number of esters is 2. The molecule has 1 aliphatic rings. The van der Waals surface area contributed by atoms with Crippen LogP contribution in [0.5, 0.6) is 0 Å². The van der Waals surface area contributed by atoms with Crippen LogP contribution >= 0.6 is 0 Å². The monoisotopic (exact) mass is 780 g/mol. The van der Waals surface area contributed by atoms with Crippen molar-refractivity contribution >= 4 is 23.9 Å². The van der Waals surface area contributed by atoms with Crippen LogP contribution in [0.3, 0.4) is 0 Å². The van der Waals surface area contributed by atoms with Gasteiger partial charge in [0.1, 0.15) is 0 Å². The molecular weight excluding hydrogens is 749 g/mol. The van der Waals surface area contributed by atoms with Crippen LogP contribution in [0.25, 0.3) is 0 Å². The molecule has 0 spiro atoms. The second-order valence-electron chi connectivity index (χ2n) is 5.93. The molecular formula is C17H28Hg2O9. The van der Waals surface area contributed by atoms with Crippen LogP contribution in [-0.4, -0.2) is 59.5 Å². The van der Waals surface area contributed by atoms with Crippen molar-refractivity contribution in [1.82, 2.24) is 0 Å². The molecule has 0 aromatic carbocycles. The van der Waals surface area contributed by atoms with Crippen LogP contribution < -0.4 is 0 Å². The fourth-order valence-electron chi connectivity index (χ4n) is 2.52. The molecule has 0 radical (unpaired) electrons. The van der Waals surface area contributed by atoms with E-state index in [-0.39, 0.29) is 25.4 Å². The number of hydrogen-bond donors (Lipinski definition) is 2.